The van der Waals surface area contributed by atoms with Crippen molar-refractivity contribution in [2.75, 3.05) is 0 Å². The predicted molar refractivity (Wildman–Crippen MR) is 70.9 cm³/mol. The first-order valence-electron chi connectivity index (χ1n) is 6.23. The molecule has 1 aliphatic rings. The van der Waals surface area contributed by atoms with Crippen LogP contribution in [0.3, 0.4) is 0 Å². The first-order valence-corrected chi connectivity index (χ1v) is 6.23. The van der Waals surface area contributed by atoms with E-state index in [1.165, 1.54) is 11.1 Å². The molecular formula is C14H21BO2. The summed E-state index contributed by atoms with van der Waals surface area (Å²) in [5.41, 5.74) is 2.38. The van der Waals surface area contributed by atoms with Gasteiger partial charge in [0.2, 0.25) is 0 Å². The zero-order valence-electron chi connectivity index (χ0n) is 11.1. The Balaban J connectivity index is 2.58. The number of hydrogen-bond donors (Lipinski definition) is 2. The average molecular weight is 232 g/mol. The van der Waals surface area contributed by atoms with E-state index in [9.17, 15) is 10.0 Å². The summed E-state index contributed by atoms with van der Waals surface area (Å²) in [5, 5.41) is 19.3. The lowest BCUT2D eigenvalue weighted by molar-refractivity contribution is 0.143. The first-order chi connectivity index (χ1) is 7.78. The molecule has 0 spiro atoms. The molecular weight excluding hydrogens is 211 g/mol. The molecule has 1 unspecified atom stereocenters. The standard InChI is InChI=1S/C14H21BO2/c1-13(2)11-8-6-5-7-10(11)9-12(15(16)17)14(13,3)4/h5-8,12,16-17H,9H2,1-4H3. The van der Waals surface area contributed by atoms with Crippen molar-refractivity contribution < 1.29 is 10.0 Å². The SMILES string of the molecule is CC1(C)c2ccccc2CC(B(O)O)C1(C)C. The molecule has 0 aliphatic heterocycles. The van der Waals surface area contributed by atoms with Crippen molar-refractivity contribution in [3.05, 3.63) is 35.4 Å². The summed E-state index contributed by atoms with van der Waals surface area (Å²) >= 11 is 0. The van der Waals surface area contributed by atoms with Crippen LogP contribution in [0.2, 0.25) is 5.82 Å². The number of benzene rings is 1. The Morgan fingerprint density at radius 2 is 1.71 bits per heavy atom. The molecule has 2 nitrogen and oxygen atoms in total. The lowest BCUT2D eigenvalue weighted by Gasteiger charge is -2.52. The van der Waals surface area contributed by atoms with Crippen LogP contribution < -0.4 is 0 Å². The van der Waals surface area contributed by atoms with Gasteiger partial charge in [0.25, 0.3) is 0 Å². The maximum absolute atomic E-state index is 9.63. The molecule has 0 saturated heterocycles. The largest absolute Gasteiger partial charge is 0.455 e. The molecule has 1 aromatic rings. The molecule has 0 aromatic heterocycles. The minimum atomic E-state index is -1.25. The van der Waals surface area contributed by atoms with E-state index >= 15 is 0 Å². The van der Waals surface area contributed by atoms with Gasteiger partial charge in [0.15, 0.2) is 0 Å². The Labute approximate surface area is 104 Å². The van der Waals surface area contributed by atoms with E-state index in [-0.39, 0.29) is 16.6 Å². The zero-order valence-corrected chi connectivity index (χ0v) is 11.1. The van der Waals surface area contributed by atoms with E-state index in [1.807, 2.05) is 6.07 Å². The van der Waals surface area contributed by atoms with Crippen molar-refractivity contribution in [3.63, 3.8) is 0 Å². The van der Waals surface area contributed by atoms with Gasteiger partial charge in [-0.15, -0.1) is 0 Å². The maximum atomic E-state index is 9.63. The fourth-order valence-electron chi connectivity index (χ4n) is 3.09. The minimum absolute atomic E-state index is 0.0593. The van der Waals surface area contributed by atoms with Gasteiger partial charge in [-0.2, -0.15) is 0 Å². The molecule has 0 heterocycles. The van der Waals surface area contributed by atoms with Crippen LogP contribution in [0.5, 0.6) is 0 Å². The highest BCUT2D eigenvalue weighted by atomic mass is 16.4. The highest BCUT2D eigenvalue weighted by molar-refractivity contribution is 6.43. The van der Waals surface area contributed by atoms with Gasteiger partial charge in [0.05, 0.1) is 0 Å². The van der Waals surface area contributed by atoms with Crippen LogP contribution in [0.25, 0.3) is 0 Å². The van der Waals surface area contributed by atoms with Crippen LogP contribution in [0.4, 0.5) is 0 Å². The summed E-state index contributed by atoms with van der Waals surface area (Å²) in [6.45, 7) is 8.65. The van der Waals surface area contributed by atoms with E-state index in [0.29, 0.717) is 0 Å². The molecule has 0 fully saturated rings. The van der Waals surface area contributed by atoms with Gasteiger partial charge in [-0.05, 0) is 28.4 Å². The van der Waals surface area contributed by atoms with Crippen molar-refractivity contribution in [2.45, 2.75) is 45.3 Å². The fraction of sp³-hybridized carbons (Fsp3) is 0.571. The molecule has 0 bridgehead atoms. The van der Waals surface area contributed by atoms with Crippen molar-refractivity contribution >= 4 is 7.12 Å². The van der Waals surface area contributed by atoms with Crippen molar-refractivity contribution in [1.29, 1.82) is 0 Å². The Morgan fingerprint density at radius 1 is 1.12 bits per heavy atom. The van der Waals surface area contributed by atoms with Gasteiger partial charge in [-0.3, -0.25) is 0 Å². The van der Waals surface area contributed by atoms with Crippen LogP contribution in [0.1, 0.15) is 38.8 Å². The van der Waals surface area contributed by atoms with Crippen LogP contribution in [-0.2, 0) is 11.8 Å². The van der Waals surface area contributed by atoms with Gasteiger partial charge < -0.3 is 10.0 Å². The molecule has 92 valence electrons. The Kier molecular flexibility index (Phi) is 2.87. The third-order valence-electron chi connectivity index (χ3n) is 5.03. The van der Waals surface area contributed by atoms with E-state index in [0.717, 1.165) is 6.42 Å². The molecule has 0 radical (unpaired) electrons. The quantitative estimate of drug-likeness (QED) is 0.730. The Hall–Kier alpha value is -0.795. The Bertz CT molecular complexity index is 424. The first kappa shape index (κ1) is 12.7. The Morgan fingerprint density at radius 3 is 2.29 bits per heavy atom. The number of hydrogen-bond acceptors (Lipinski definition) is 2. The van der Waals surface area contributed by atoms with Crippen LogP contribution in [0.15, 0.2) is 24.3 Å². The predicted octanol–water partition coefficient (Wildman–Crippen LogP) is 2.39. The second-order valence-corrected chi connectivity index (χ2v) is 6.23. The van der Waals surface area contributed by atoms with Gasteiger partial charge in [0, 0.05) is 5.82 Å². The van der Waals surface area contributed by atoms with E-state index in [2.05, 4.69) is 45.9 Å². The van der Waals surface area contributed by atoms with Crippen LogP contribution >= 0.6 is 0 Å². The third kappa shape index (κ3) is 1.72. The lowest BCUT2D eigenvalue weighted by atomic mass is 9.44. The number of fused-ring (bicyclic) bond motifs is 1. The molecule has 1 aliphatic carbocycles. The molecule has 17 heavy (non-hydrogen) atoms. The monoisotopic (exact) mass is 232 g/mol. The van der Waals surface area contributed by atoms with Gasteiger partial charge in [-0.25, -0.2) is 0 Å². The molecule has 2 N–H and O–H groups in total. The second-order valence-electron chi connectivity index (χ2n) is 6.23. The summed E-state index contributed by atoms with van der Waals surface area (Å²) in [5.74, 6) is -0.118. The molecule has 0 amide bonds. The summed E-state index contributed by atoms with van der Waals surface area (Å²) in [7, 11) is -1.25. The maximum Gasteiger partial charge on any atom is 0.455 e. The highest BCUT2D eigenvalue weighted by Crippen LogP contribution is 2.55. The smallest absolute Gasteiger partial charge is 0.427 e. The lowest BCUT2D eigenvalue weighted by Crippen LogP contribution is -2.49. The van der Waals surface area contributed by atoms with E-state index in [4.69, 9.17) is 0 Å². The summed E-state index contributed by atoms with van der Waals surface area (Å²) in [6, 6.07) is 8.35. The summed E-state index contributed by atoms with van der Waals surface area (Å²) < 4.78 is 0. The normalized spacial score (nSPS) is 25.2. The molecule has 0 saturated carbocycles. The second kappa shape index (κ2) is 3.86. The van der Waals surface area contributed by atoms with E-state index < -0.39 is 7.12 Å². The van der Waals surface area contributed by atoms with Gasteiger partial charge in [-0.1, -0.05) is 52.0 Å². The van der Waals surface area contributed by atoms with E-state index in [1.54, 1.807) is 0 Å². The average Bonchev–Trinajstić information content (AvgIpc) is 2.24. The van der Waals surface area contributed by atoms with Crippen molar-refractivity contribution in [3.8, 4) is 0 Å². The number of rotatable bonds is 1. The van der Waals surface area contributed by atoms with Crippen LogP contribution in [-0.4, -0.2) is 17.2 Å². The van der Waals surface area contributed by atoms with Gasteiger partial charge in [0.1, 0.15) is 0 Å². The third-order valence-corrected chi connectivity index (χ3v) is 5.03. The molecule has 1 atom stereocenters. The molecule has 2 rings (SSSR count). The topological polar surface area (TPSA) is 40.5 Å². The fourth-order valence-corrected chi connectivity index (χ4v) is 3.09. The van der Waals surface area contributed by atoms with Crippen LogP contribution in [0, 0.1) is 5.41 Å². The van der Waals surface area contributed by atoms with Gasteiger partial charge >= 0.3 is 7.12 Å². The molecule has 1 aromatic carbocycles. The highest BCUT2D eigenvalue weighted by Gasteiger charge is 2.51. The zero-order chi connectivity index (χ0) is 12.8. The van der Waals surface area contributed by atoms with Crippen molar-refractivity contribution in [2.24, 2.45) is 5.41 Å². The van der Waals surface area contributed by atoms with Crippen molar-refractivity contribution in [1.82, 2.24) is 0 Å². The minimum Gasteiger partial charge on any atom is -0.427 e. The molecule has 3 heteroatoms. The summed E-state index contributed by atoms with van der Waals surface area (Å²) in [4.78, 5) is 0. The summed E-state index contributed by atoms with van der Waals surface area (Å²) in [6.07, 6.45) is 0.740.